The highest BCUT2D eigenvalue weighted by Gasteiger charge is 2.53. The van der Waals surface area contributed by atoms with E-state index in [1.807, 2.05) is 0 Å². The summed E-state index contributed by atoms with van der Waals surface area (Å²) in [5.74, 6) is -0.513. The summed E-state index contributed by atoms with van der Waals surface area (Å²) in [5.41, 5.74) is -4.97. The molecule has 2 aliphatic rings. The van der Waals surface area contributed by atoms with Crippen LogP contribution in [0.2, 0.25) is 0 Å². The van der Waals surface area contributed by atoms with Gasteiger partial charge in [-0.05, 0) is 49.6 Å². The maximum Gasteiger partial charge on any atom is 0.416 e. The molecule has 1 aliphatic heterocycles. The van der Waals surface area contributed by atoms with Gasteiger partial charge in [0.2, 0.25) is 0 Å². The van der Waals surface area contributed by atoms with E-state index in [1.165, 1.54) is 31.2 Å². The van der Waals surface area contributed by atoms with Gasteiger partial charge in [-0.2, -0.15) is 26.3 Å². The summed E-state index contributed by atoms with van der Waals surface area (Å²) in [5, 5.41) is 5.19. The van der Waals surface area contributed by atoms with E-state index in [0.717, 1.165) is 0 Å². The molecule has 4 nitrogen and oxygen atoms in total. The van der Waals surface area contributed by atoms with Crippen molar-refractivity contribution in [3.63, 3.8) is 0 Å². The number of amides is 2. The van der Waals surface area contributed by atoms with Crippen LogP contribution in [0, 0.1) is 11.2 Å². The number of nitrogens with one attached hydrogen (secondary N) is 2. The molecule has 0 bridgehead atoms. The first kappa shape index (κ1) is 24.1. The van der Waals surface area contributed by atoms with Gasteiger partial charge in [0.1, 0.15) is 11.4 Å². The second-order valence-electron chi connectivity index (χ2n) is 8.26. The highest BCUT2D eigenvalue weighted by Crippen LogP contribution is 2.50. The number of allylic oxidation sites excluding steroid dienone is 3. The minimum atomic E-state index is -4.96. The Balaban J connectivity index is 1.85. The lowest BCUT2D eigenvalue weighted by Crippen LogP contribution is -2.46. The molecule has 11 heteroatoms. The first-order valence-corrected chi connectivity index (χ1v) is 9.66. The molecule has 1 aromatic rings. The third-order valence-electron chi connectivity index (χ3n) is 5.76. The van der Waals surface area contributed by atoms with Crippen LogP contribution in [-0.2, 0) is 10.3 Å². The Kier molecular flexibility index (Phi) is 6.09. The molecular weight excluding hydrogens is 445 g/mol. The lowest BCUT2D eigenvalue weighted by Gasteiger charge is -2.36. The van der Waals surface area contributed by atoms with Crippen molar-refractivity contribution in [3.05, 3.63) is 58.9 Å². The van der Waals surface area contributed by atoms with Crippen LogP contribution >= 0.6 is 0 Å². The van der Waals surface area contributed by atoms with E-state index in [0.29, 0.717) is 18.6 Å². The number of hydrogen-bond acceptors (Lipinski definition) is 2. The van der Waals surface area contributed by atoms with Crippen LogP contribution in [0.15, 0.2) is 47.6 Å². The molecule has 3 rings (SSSR count). The number of ether oxygens (including phenoxy) is 1. The highest BCUT2D eigenvalue weighted by molar-refractivity contribution is 5.78. The number of rotatable bonds is 5. The van der Waals surface area contributed by atoms with Crippen molar-refractivity contribution < 1.29 is 40.3 Å². The molecule has 2 amide bonds. The average Bonchev–Trinajstić information content (AvgIpc) is 3.06. The number of hydrogen-bond donors (Lipinski definition) is 2. The molecule has 1 aliphatic carbocycles. The third-order valence-corrected chi connectivity index (χ3v) is 5.76. The Bertz CT molecular complexity index is 937. The predicted octanol–water partition coefficient (Wildman–Crippen LogP) is 5.13. The molecule has 0 aromatic heterocycles. The molecule has 2 N–H and O–H groups in total. The molecule has 1 heterocycles. The average molecular weight is 466 g/mol. The van der Waals surface area contributed by atoms with E-state index in [9.17, 15) is 35.5 Å². The van der Waals surface area contributed by atoms with Crippen molar-refractivity contribution >= 4 is 6.03 Å². The van der Waals surface area contributed by atoms with Crippen LogP contribution in [0.1, 0.15) is 25.8 Å². The van der Waals surface area contributed by atoms with Gasteiger partial charge in [0, 0.05) is 6.54 Å². The van der Waals surface area contributed by atoms with Crippen molar-refractivity contribution in [2.24, 2.45) is 5.41 Å². The van der Waals surface area contributed by atoms with Gasteiger partial charge in [-0.25, -0.2) is 9.18 Å². The van der Waals surface area contributed by atoms with E-state index >= 15 is 0 Å². The molecular formula is C21H21F7N2O2. The summed E-state index contributed by atoms with van der Waals surface area (Å²) < 4.78 is 99.5. The molecule has 1 saturated heterocycles. The van der Waals surface area contributed by atoms with Gasteiger partial charge in [-0.1, -0.05) is 18.2 Å². The van der Waals surface area contributed by atoms with Crippen molar-refractivity contribution in [1.29, 1.82) is 0 Å². The predicted molar refractivity (Wildman–Crippen MR) is 101 cm³/mol. The van der Waals surface area contributed by atoms with Crippen LogP contribution in [0.4, 0.5) is 35.5 Å². The lowest BCUT2D eigenvalue weighted by molar-refractivity contribution is -0.202. The van der Waals surface area contributed by atoms with Gasteiger partial charge in [-0.15, -0.1) is 0 Å². The normalized spacial score (nSPS) is 27.3. The van der Waals surface area contributed by atoms with Crippen LogP contribution in [-0.4, -0.2) is 37.6 Å². The Morgan fingerprint density at radius 3 is 2.25 bits per heavy atom. The SMILES string of the molecule is CC(OCC1(c2ccc(F)cc2)CNC(=O)N1)C1=CC(C(F)(F)F)=C[C@@](C)(C(F)(F)F)C1. The number of halogens is 7. The smallest absolute Gasteiger partial charge is 0.371 e. The van der Waals surface area contributed by atoms with E-state index < -0.39 is 53.3 Å². The van der Waals surface area contributed by atoms with Crippen LogP contribution in [0.25, 0.3) is 0 Å². The van der Waals surface area contributed by atoms with Crippen molar-refractivity contribution in [3.8, 4) is 0 Å². The number of urea groups is 1. The standard InChI is InChI=1S/C21H21F7N2O2/c1-12(13-7-15(20(23,24)25)9-18(2,8-13)21(26,27)28)32-11-19(10-29-17(31)30-19)14-3-5-16(22)6-4-14/h3-7,9,12H,8,10-11H2,1-2H3,(H2,29,30,31)/t12?,18-,19?/m0/s1. The first-order valence-electron chi connectivity index (χ1n) is 9.66. The summed E-state index contributed by atoms with van der Waals surface area (Å²) in [6.07, 6.45) is -10.8. The lowest BCUT2D eigenvalue weighted by atomic mass is 9.75. The zero-order valence-corrected chi connectivity index (χ0v) is 17.1. The molecule has 0 saturated carbocycles. The van der Waals surface area contributed by atoms with E-state index in [2.05, 4.69) is 10.6 Å². The maximum atomic E-state index is 13.5. The largest absolute Gasteiger partial charge is 0.416 e. The van der Waals surface area contributed by atoms with Gasteiger partial charge >= 0.3 is 18.4 Å². The second kappa shape index (κ2) is 8.09. The number of alkyl halides is 6. The first-order chi connectivity index (χ1) is 14.7. The minimum absolute atomic E-state index is 0.0389. The Labute approximate surface area is 179 Å². The summed E-state index contributed by atoms with van der Waals surface area (Å²) in [6.45, 7) is 1.84. The molecule has 1 fully saturated rings. The minimum Gasteiger partial charge on any atom is -0.371 e. The third kappa shape index (κ3) is 4.77. The van der Waals surface area contributed by atoms with E-state index in [4.69, 9.17) is 4.74 Å². The molecule has 3 atom stereocenters. The van der Waals surface area contributed by atoms with Gasteiger partial charge in [-0.3, -0.25) is 0 Å². The number of benzene rings is 1. The quantitative estimate of drug-likeness (QED) is 0.592. The monoisotopic (exact) mass is 466 g/mol. The Morgan fingerprint density at radius 1 is 1.12 bits per heavy atom. The molecule has 176 valence electrons. The van der Waals surface area contributed by atoms with Crippen molar-refractivity contribution in [2.75, 3.05) is 13.2 Å². The van der Waals surface area contributed by atoms with Gasteiger partial charge < -0.3 is 15.4 Å². The summed E-state index contributed by atoms with van der Waals surface area (Å²) >= 11 is 0. The fraction of sp³-hybridized carbons (Fsp3) is 0.476. The van der Waals surface area contributed by atoms with Crippen LogP contribution in [0.5, 0.6) is 0 Å². The molecule has 0 radical (unpaired) electrons. The molecule has 1 aromatic carbocycles. The zero-order valence-electron chi connectivity index (χ0n) is 17.1. The van der Waals surface area contributed by atoms with Crippen LogP contribution < -0.4 is 10.6 Å². The zero-order chi connectivity index (χ0) is 23.9. The van der Waals surface area contributed by atoms with Gasteiger partial charge in [0.05, 0.1) is 23.7 Å². The van der Waals surface area contributed by atoms with Crippen molar-refractivity contribution in [1.82, 2.24) is 10.6 Å². The van der Waals surface area contributed by atoms with E-state index in [-0.39, 0.29) is 24.8 Å². The topological polar surface area (TPSA) is 50.4 Å². The molecule has 0 spiro atoms. The molecule has 2 unspecified atom stereocenters. The summed E-state index contributed by atoms with van der Waals surface area (Å²) in [6, 6.07) is 4.64. The highest BCUT2D eigenvalue weighted by atomic mass is 19.4. The fourth-order valence-electron chi connectivity index (χ4n) is 3.74. The van der Waals surface area contributed by atoms with Gasteiger partial charge in [0.15, 0.2) is 0 Å². The maximum absolute atomic E-state index is 13.5. The van der Waals surface area contributed by atoms with Crippen molar-refractivity contribution in [2.45, 2.75) is 44.3 Å². The number of carbonyl (C=O) groups excluding carboxylic acids is 1. The Morgan fingerprint density at radius 2 is 1.75 bits per heavy atom. The number of carbonyl (C=O) groups is 1. The van der Waals surface area contributed by atoms with Gasteiger partial charge in [0.25, 0.3) is 0 Å². The molecule has 32 heavy (non-hydrogen) atoms. The Hall–Kier alpha value is -2.56. The second-order valence-corrected chi connectivity index (χ2v) is 8.26. The fourth-order valence-corrected chi connectivity index (χ4v) is 3.74. The summed E-state index contributed by atoms with van der Waals surface area (Å²) in [7, 11) is 0. The summed E-state index contributed by atoms with van der Waals surface area (Å²) in [4.78, 5) is 11.8. The van der Waals surface area contributed by atoms with E-state index in [1.54, 1.807) is 0 Å². The van der Waals surface area contributed by atoms with Crippen LogP contribution in [0.3, 0.4) is 0 Å².